The third kappa shape index (κ3) is 5.10. The molecule has 1 aromatic heterocycles. The first-order valence-corrected chi connectivity index (χ1v) is 7.25. The summed E-state index contributed by atoms with van der Waals surface area (Å²) in [4.78, 5) is 27.3. The zero-order valence-corrected chi connectivity index (χ0v) is 13.1. The fourth-order valence-electron chi connectivity index (χ4n) is 1.87. The number of pyridine rings is 1. The van der Waals surface area contributed by atoms with Crippen molar-refractivity contribution >= 4 is 11.8 Å². The second-order valence-corrected chi connectivity index (χ2v) is 5.11. The van der Waals surface area contributed by atoms with E-state index in [1.54, 1.807) is 18.3 Å². The molecule has 0 unspecified atom stereocenters. The van der Waals surface area contributed by atoms with Crippen LogP contribution in [0.15, 0.2) is 42.7 Å². The molecular formula is C17H19N3O3. The summed E-state index contributed by atoms with van der Waals surface area (Å²) in [6.45, 7) is 4.16. The molecule has 0 radical (unpaired) electrons. The average Bonchev–Trinajstić information content (AvgIpc) is 2.56. The standard InChI is InChI=1S/C17H19N3O3/c1-12-5-6-13(2)15(10-12)23-9-7-16(21)19-20-17(22)14-4-3-8-18-11-14/h3-6,8,10-11H,7,9H2,1-2H3,(H,19,21)(H,20,22). The summed E-state index contributed by atoms with van der Waals surface area (Å²) in [5, 5.41) is 0. The first-order valence-electron chi connectivity index (χ1n) is 7.25. The fourth-order valence-corrected chi connectivity index (χ4v) is 1.87. The number of carbonyl (C=O) groups excluding carboxylic acids is 2. The van der Waals surface area contributed by atoms with Gasteiger partial charge in [0.25, 0.3) is 5.91 Å². The molecule has 2 N–H and O–H groups in total. The molecule has 0 spiro atoms. The van der Waals surface area contributed by atoms with Crippen LogP contribution in [0.5, 0.6) is 5.75 Å². The number of hydrogen-bond acceptors (Lipinski definition) is 4. The Labute approximate surface area is 134 Å². The monoisotopic (exact) mass is 313 g/mol. The second kappa shape index (κ2) is 7.93. The Balaban J connectivity index is 1.73. The van der Waals surface area contributed by atoms with Gasteiger partial charge in [0.05, 0.1) is 18.6 Å². The lowest BCUT2D eigenvalue weighted by atomic mass is 10.1. The minimum atomic E-state index is -0.415. The molecule has 1 heterocycles. The van der Waals surface area contributed by atoms with Gasteiger partial charge in [-0.15, -0.1) is 0 Å². The van der Waals surface area contributed by atoms with Crippen molar-refractivity contribution in [3.05, 3.63) is 59.4 Å². The summed E-state index contributed by atoms with van der Waals surface area (Å²) in [7, 11) is 0. The lowest BCUT2D eigenvalue weighted by Crippen LogP contribution is -2.42. The Morgan fingerprint density at radius 2 is 2.00 bits per heavy atom. The number of aromatic nitrogens is 1. The molecule has 0 saturated heterocycles. The molecule has 0 fully saturated rings. The molecule has 0 bridgehead atoms. The van der Waals surface area contributed by atoms with Crippen LogP contribution in [0.25, 0.3) is 0 Å². The van der Waals surface area contributed by atoms with Crippen LogP contribution in [0.4, 0.5) is 0 Å². The van der Waals surface area contributed by atoms with Crippen LogP contribution < -0.4 is 15.6 Å². The van der Waals surface area contributed by atoms with Gasteiger partial charge in [0.15, 0.2) is 0 Å². The van der Waals surface area contributed by atoms with Crippen molar-refractivity contribution < 1.29 is 14.3 Å². The molecule has 2 rings (SSSR count). The van der Waals surface area contributed by atoms with Crippen LogP contribution in [0, 0.1) is 13.8 Å². The second-order valence-electron chi connectivity index (χ2n) is 5.11. The zero-order valence-electron chi connectivity index (χ0n) is 13.1. The van der Waals surface area contributed by atoms with E-state index >= 15 is 0 Å². The summed E-state index contributed by atoms with van der Waals surface area (Å²) < 4.78 is 5.60. The summed E-state index contributed by atoms with van der Waals surface area (Å²) in [6.07, 6.45) is 3.13. The topological polar surface area (TPSA) is 80.3 Å². The van der Waals surface area contributed by atoms with E-state index in [0.717, 1.165) is 16.9 Å². The largest absolute Gasteiger partial charge is 0.493 e. The number of rotatable bonds is 5. The smallest absolute Gasteiger partial charge is 0.271 e. The number of benzene rings is 1. The van der Waals surface area contributed by atoms with Crippen molar-refractivity contribution in [2.75, 3.05) is 6.61 Å². The Bertz CT molecular complexity index is 687. The number of nitrogens with one attached hydrogen (secondary N) is 2. The van der Waals surface area contributed by atoms with E-state index in [1.807, 2.05) is 32.0 Å². The highest BCUT2D eigenvalue weighted by molar-refractivity contribution is 5.95. The number of carbonyl (C=O) groups is 2. The molecule has 2 amide bonds. The molecule has 120 valence electrons. The predicted octanol–water partition coefficient (Wildman–Crippen LogP) is 1.93. The highest BCUT2D eigenvalue weighted by atomic mass is 16.5. The minimum Gasteiger partial charge on any atom is -0.493 e. The lowest BCUT2D eigenvalue weighted by Gasteiger charge is -2.10. The molecule has 0 saturated carbocycles. The molecule has 0 aliphatic carbocycles. The van der Waals surface area contributed by atoms with Crippen molar-refractivity contribution in [2.24, 2.45) is 0 Å². The van der Waals surface area contributed by atoms with Gasteiger partial charge in [-0.2, -0.15) is 0 Å². The van der Waals surface area contributed by atoms with Crippen LogP contribution in [-0.2, 0) is 4.79 Å². The zero-order chi connectivity index (χ0) is 16.7. The predicted molar refractivity (Wildman–Crippen MR) is 85.9 cm³/mol. The van der Waals surface area contributed by atoms with Gasteiger partial charge in [0, 0.05) is 12.4 Å². The Morgan fingerprint density at radius 3 is 2.74 bits per heavy atom. The Kier molecular flexibility index (Phi) is 5.68. The van der Waals surface area contributed by atoms with Crippen LogP contribution in [0.2, 0.25) is 0 Å². The summed E-state index contributed by atoms with van der Waals surface area (Å²) in [5.41, 5.74) is 7.17. The van der Waals surface area contributed by atoms with Gasteiger partial charge in [0.2, 0.25) is 5.91 Å². The van der Waals surface area contributed by atoms with Crippen molar-refractivity contribution in [2.45, 2.75) is 20.3 Å². The first kappa shape index (κ1) is 16.5. The molecule has 1 aromatic carbocycles. The van der Waals surface area contributed by atoms with E-state index in [0.29, 0.717) is 5.56 Å². The van der Waals surface area contributed by atoms with E-state index in [1.165, 1.54) is 6.20 Å². The summed E-state index contributed by atoms with van der Waals surface area (Å²) in [5.74, 6) is 0.0200. The minimum absolute atomic E-state index is 0.140. The number of ether oxygens (including phenoxy) is 1. The maximum Gasteiger partial charge on any atom is 0.271 e. The number of aryl methyl sites for hydroxylation is 2. The Hall–Kier alpha value is -2.89. The van der Waals surface area contributed by atoms with Crippen molar-refractivity contribution in [1.29, 1.82) is 0 Å². The van der Waals surface area contributed by atoms with Crippen LogP contribution in [0.3, 0.4) is 0 Å². The van der Waals surface area contributed by atoms with E-state index < -0.39 is 5.91 Å². The van der Waals surface area contributed by atoms with E-state index in [9.17, 15) is 9.59 Å². The van der Waals surface area contributed by atoms with Crippen molar-refractivity contribution in [3.63, 3.8) is 0 Å². The molecule has 2 aromatic rings. The van der Waals surface area contributed by atoms with E-state index in [-0.39, 0.29) is 18.9 Å². The highest BCUT2D eigenvalue weighted by Crippen LogP contribution is 2.19. The SMILES string of the molecule is Cc1ccc(C)c(OCCC(=O)NNC(=O)c2cccnc2)c1. The van der Waals surface area contributed by atoms with Gasteiger partial charge in [-0.25, -0.2) is 0 Å². The molecule has 6 heteroatoms. The van der Waals surface area contributed by atoms with Crippen molar-refractivity contribution in [1.82, 2.24) is 15.8 Å². The molecule has 6 nitrogen and oxygen atoms in total. The van der Waals surface area contributed by atoms with Crippen LogP contribution in [-0.4, -0.2) is 23.4 Å². The number of hydrogen-bond donors (Lipinski definition) is 2. The molecular weight excluding hydrogens is 294 g/mol. The van der Waals surface area contributed by atoms with Gasteiger partial charge >= 0.3 is 0 Å². The van der Waals surface area contributed by atoms with E-state index in [2.05, 4.69) is 15.8 Å². The molecule has 23 heavy (non-hydrogen) atoms. The van der Waals surface area contributed by atoms with Crippen LogP contribution in [0.1, 0.15) is 27.9 Å². The maximum atomic E-state index is 11.7. The molecule has 0 aliphatic heterocycles. The Morgan fingerprint density at radius 1 is 1.17 bits per heavy atom. The summed E-state index contributed by atoms with van der Waals surface area (Å²) in [6, 6.07) is 9.16. The lowest BCUT2D eigenvalue weighted by molar-refractivity contribution is -0.122. The van der Waals surface area contributed by atoms with Gasteiger partial charge in [-0.1, -0.05) is 12.1 Å². The maximum absolute atomic E-state index is 11.7. The van der Waals surface area contributed by atoms with Crippen LogP contribution >= 0.6 is 0 Å². The quantitative estimate of drug-likeness (QED) is 0.827. The van der Waals surface area contributed by atoms with Gasteiger partial charge in [-0.05, 0) is 43.2 Å². The number of nitrogens with zero attached hydrogens (tertiary/aromatic N) is 1. The first-order chi connectivity index (χ1) is 11.1. The molecule has 0 atom stereocenters. The van der Waals surface area contributed by atoms with Gasteiger partial charge in [0.1, 0.15) is 5.75 Å². The fraction of sp³-hybridized carbons (Fsp3) is 0.235. The number of amides is 2. The average molecular weight is 313 g/mol. The van der Waals surface area contributed by atoms with Gasteiger partial charge in [-0.3, -0.25) is 25.4 Å². The number of hydrazine groups is 1. The third-order valence-corrected chi connectivity index (χ3v) is 3.17. The third-order valence-electron chi connectivity index (χ3n) is 3.17. The molecule has 0 aliphatic rings. The summed E-state index contributed by atoms with van der Waals surface area (Å²) >= 11 is 0. The van der Waals surface area contributed by atoms with Gasteiger partial charge < -0.3 is 4.74 Å². The highest BCUT2D eigenvalue weighted by Gasteiger charge is 2.08. The van der Waals surface area contributed by atoms with Crippen molar-refractivity contribution in [3.8, 4) is 5.75 Å². The van der Waals surface area contributed by atoms with E-state index in [4.69, 9.17) is 4.74 Å². The normalized spacial score (nSPS) is 10.0.